The number of benzene rings is 4. The summed E-state index contributed by atoms with van der Waals surface area (Å²) in [5, 5.41) is 11.0. The molecule has 0 spiro atoms. The van der Waals surface area contributed by atoms with Gasteiger partial charge < -0.3 is 4.90 Å². The molecule has 2 heterocycles. The van der Waals surface area contributed by atoms with E-state index in [1.165, 1.54) is 15.7 Å². The predicted octanol–water partition coefficient (Wildman–Crippen LogP) is 5.95. The molecule has 1 fully saturated rings. The fraction of sp³-hybridized carbons (Fsp3) is 0.162. The number of piperazine rings is 1. The molecule has 0 unspecified atom stereocenters. The van der Waals surface area contributed by atoms with Gasteiger partial charge in [-0.25, -0.2) is 0 Å². The molecule has 6 nitrogen and oxygen atoms in total. The van der Waals surface area contributed by atoms with E-state index in [0.29, 0.717) is 41.4 Å². The summed E-state index contributed by atoms with van der Waals surface area (Å²) < 4.78 is 2.04. The maximum atomic E-state index is 14.1. The smallest absolute Gasteiger partial charge is 0.273 e. The van der Waals surface area contributed by atoms with Crippen LogP contribution in [0.4, 0.5) is 0 Å². The predicted molar refractivity (Wildman–Crippen MR) is 186 cm³/mol. The number of amides is 1. The first-order valence-electron chi connectivity index (χ1n) is 14.9. The van der Waals surface area contributed by atoms with Crippen molar-refractivity contribution in [1.29, 1.82) is 5.26 Å². The zero-order valence-corrected chi connectivity index (χ0v) is 27.4. The van der Waals surface area contributed by atoms with Gasteiger partial charge in [0.15, 0.2) is 5.57 Å². The first kappa shape index (κ1) is 31.5. The summed E-state index contributed by atoms with van der Waals surface area (Å²) in [5.74, 6) is -0.407. The molecule has 1 aliphatic rings. The van der Waals surface area contributed by atoms with E-state index in [2.05, 4.69) is 35.2 Å². The minimum absolute atomic E-state index is 0.0379. The van der Waals surface area contributed by atoms with Gasteiger partial charge in [-0.05, 0) is 47.9 Å². The van der Waals surface area contributed by atoms with Gasteiger partial charge in [0.1, 0.15) is 10.7 Å². The Hall–Kier alpha value is -4.45. The second kappa shape index (κ2) is 13.9. The van der Waals surface area contributed by atoms with E-state index in [0.717, 1.165) is 22.5 Å². The van der Waals surface area contributed by atoms with E-state index in [-0.39, 0.29) is 26.9 Å². The van der Waals surface area contributed by atoms with Gasteiger partial charge in [-0.15, -0.1) is 11.3 Å². The molecule has 1 aliphatic heterocycles. The topological polar surface area (TPSA) is 69.3 Å². The molecule has 1 amide bonds. The fourth-order valence-corrected chi connectivity index (χ4v) is 7.22. The van der Waals surface area contributed by atoms with Crippen LogP contribution in [0, 0.1) is 18.3 Å². The van der Waals surface area contributed by atoms with Crippen LogP contribution in [-0.4, -0.2) is 46.5 Å². The minimum Gasteiger partial charge on any atom is -0.335 e. The third kappa shape index (κ3) is 6.57. The molecule has 1 aromatic heterocycles. The third-order valence-electron chi connectivity index (χ3n) is 8.06. The summed E-state index contributed by atoms with van der Waals surface area (Å²) in [4.78, 5) is 32.0. The second-order valence-electron chi connectivity index (χ2n) is 11.1. The molecule has 0 atom stereocenters. The summed E-state index contributed by atoms with van der Waals surface area (Å²) in [7, 11) is 0. The van der Waals surface area contributed by atoms with E-state index in [9.17, 15) is 14.9 Å². The highest BCUT2D eigenvalue weighted by atomic mass is 35.5. The minimum atomic E-state index is -0.407. The monoisotopic (exact) mass is 664 g/mol. The van der Waals surface area contributed by atoms with Crippen LogP contribution in [0.25, 0.3) is 17.3 Å². The quantitative estimate of drug-likeness (QED) is 0.225. The zero-order chi connectivity index (χ0) is 32.2. The molecule has 230 valence electrons. The number of nitriles is 1. The van der Waals surface area contributed by atoms with Crippen LogP contribution in [0.15, 0.2) is 108 Å². The van der Waals surface area contributed by atoms with E-state index >= 15 is 0 Å². The van der Waals surface area contributed by atoms with Gasteiger partial charge in [0, 0.05) is 26.2 Å². The number of carbonyl (C=O) groups is 1. The lowest BCUT2D eigenvalue weighted by Crippen LogP contribution is -2.50. The van der Waals surface area contributed by atoms with Gasteiger partial charge in [0.2, 0.25) is 0 Å². The van der Waals surface area contributed by atoms with Crippen molar-refractivity contribution in [1.82, 2.24) is 14.4 Å². The van der Waals surface area contributed by atoms with Crippen molar-refractivity contribution in [3.8, 4) is 11.8 Å². The number of hydrogen-bond acceptors (Lipinski definition) is 5. The molecule has 0 N–H and O–H groups in total. The van der Waals surface area contributed by atoms with Crippen LogP contribution >= 0.6 is 34.5 Å². The van der Waals surface area contributed by atoms with Crippen LogP contribution in [0.2, 0.25) is 10.0 Å². The number of nitrogens with zero attached hydrogens (tertiary/aromatic N) is 4. The average Bonchev–Trinajstić information content (AvgIpc) is 3.38. The van der Waals surface area contributed by atoms with E-state index in [4.69, 9.17) is 23.2 Å². The van der Waals surface area contributed by atoms with Gasteiger partial charge in [-0.2, -0.15) is 5.26 Å². The maximum absolute atomic E-state index is 14.1. The van der Waals surface area contributed by atoms with Crippen molar-refractivity contribution >= 4 is 52.1 Å². The number of halogens is 2. The van der Waals surface area contributed by atoms with Gasteiger partial charge >= 0.3 is 0 Å². The molecule has 9 heteroatoms. The third-order valence-corrected chi connectivity index (χ3v) is 9.89. The Bertz CT molecular complexity index is 2070. The standard InChI is InChI=1S/C37H30Cl2N4O2S/c1-25-9-8-10-26(21-25)22-33-36(45)43(29-15-16-31(38)32(39)23-29)37(46-33)30(24-40)35(44)42-19-17-41(18-20-42)34(27-11-4-2-5-12-27)28-13-6-3-7-14-28/h2-16,21-23,34H,17-20H2,1H3/b33-22+,37-30-. The molecular formula is C37H30Cl2N4O2S. The highest BCUT2D eigenvalue weighted by Crippen LogP contribution is 2.30. The Balaban J connectivity index is 1.38. The van der Waals surface area contributed by atoms with Gasteiger partial charge in [-0.3, -0.25) is 19.1 Å². The van der Waals surface area contributed by atoms with Crippen LogP contribution < -0.4 is 14.8 Å². The van der Waals surface area contributed by atoms with Crippen molar-refractivity contribution in [2.45, 2.75) is 13.0 Å². The van der Waals surface area contributed by atoms with Gasteiger partial charge in [0.25, 0.3) is 11.5 Å². The second-order valence-corrected chi connectivity index (χ2v) is 13.0. The van der Waals surface area contributed by atoms with Crippen molar-refractivity contribution in [3.63, 3.8) is 0 Å². The molecule has 5 aromatic rings. The lowest BCUT2D eigenvalue weighted by molar-refractivity contribution is -0.126. The molecule has 0 aliphatic carbocycles. The number of aryl methyl sites for hydroxylation is 1. The molecule has 0 radical (unpaired) electrons. The fourth-order valence-electron chi connectivity index (χ4n) is 5.83. The van der Waals surface area contributed by atoms with Gasteiger partial charge in [-0.1, -0.05) is 114 Å². The Kier molecular flexibility index (Phi) is 9.53. The van der Waals surface area contributed by atoms with Crippen molar-refractivity contribution < 1.29 is 4.79 Å². The molecule has 6 rings (SSSR count). The summed E-state index contributed by atoms with van der Waals surface area (Å²) in [6.07, 6.45) is 1.78. The SMILES string of the molecule is Cc1cccc(/C=c2/s/c(=C(/C#N)C(=O)N3CCN(C(c4ccccc4)c4ccccc4)CC3)n(-c3ccc(Cl)c(Cl)c3)c2=O)c1. The summed E-state index contributed by atoms with van der Waals surface area (Å²) in [6, 6.07) is 35.5. The van der Waals surface area contributed by atoms with Crippen LogP contribution in [0.3, 0.4) is 0 Å². The Labute approximate surface area is 281 Å². The number of aromatic nitrogens is 1. The van der Waals surface area contributed by atoms with E-state index < -0.39 is 5.91 Å². The van der Waals surface area contributed by atoms with Crippen molar-refractivity contribution in [3.05, 3.63) is 155 Å². The molecule has 46 heavy (non-hydrogen) atoms. The van der Waals surface area contributed by atoms with Crippen LogP contribution in [-0.2, 0) is 4.79 Å². The Morgan fingerprint density at radius 3 is 2.09 bits per heavy atom. The number of carbonyl (C=O) groups excluding carboxylic acids is 1. The highest BCUT2D eigenvalue weighted by molar-refractivity contribution is 7.07. The molecule has 0 bridgehead atoms. The van der Waals surface area contributed by atoms with E-state index in [1.807, 2.05) is 67.6 Å². The van der Waals surface area contributed by atoms with Gasteiger partial charge in [0.05, 0.1) is 26.3 Å². The van der Waals surface area contributed by atoms with Crippen LogP contribution in [0.5, 0.6) is 0 Å². The van der Waals surface area contributed by atoms with E-state index in [1.54, 1.807) is 29.2 Å². The first-order chi connectivity index (χ1) is 22.3. The van der Waals surface area contributed by atoms with Crippen molar-refractivity contribution in [2.75, 3.05) is 26.2 Å². The Morgan fingerprint density at radius 2 is 1.50 bits per heavy atom. The normalized spacial score (nSPS) is 14.8. The molecule has 4 aromatic carbocycles. The van der Waals surface area contributed by atoms with Crippen molar-refractivity contribution in [2.24, 2.45) is 0 Å². The lowest BCUT2D eigenvalue weighted by Gasteiger charge is -2.39. The number of hydrogen-bond donors (Lipinski definition) is 0. The molecule has 0 saturated carbocycles. The summed E-state index contributed by atoms with van der Waals surface area (Å²) >= 11 is 13.6. The zero-order valence-electron chi connectivity index (χ0n) is 25.1. The molecular weight excluding hydrogens is 635 g/mol. The Morgan fingerprint density at radius 1 is 0.848 bits per heavy atom. The number of rotatable bonds is 6. The summed E-state index contributed by atoms with van der Waals surface area (Å²) in [6.45, 7) is 4.09. The first-order valence-corrected chi connectivity index (χ1v) is 16.4. The average molecular weight is 666 g/mol. The highest BCUT2D eigenvalue weighted by Gasteiger charge is 2.30. The maximum Gasteiger partial charge on any atom is 0.273 e. The molecule has 1 saturated heterocycles. The van der Waals surface area contributed by atoms with Crippen LogP contribution in [0.1, 0.15) is 28.3 Å². The number of thiazole rings is 1. The lowest BCUT2D eigenvalue weighted by atomic mass is 9.96. The summed E-state index contributed by atoms with van der Waals surface area (Å²) in [5.41, 5.74) is 4.24. The largest absolute Gasteiger partial charge is 0.335 e.